The van der Waals surface area contributed by atoms with Gasteiger partial charge >= 0.3 is 0 Å². The van der Waals surface area contributed by atoms with Crippen LogP contribution in [0.5, 0.6) is 0 Å². The molecule has 8 aromatic carbocycles. The molecule has 0 radical (unpaired) electrons. The van der Waals surface area contributed by atoms with E-state index in [4.69, 9.17) is 28.7 Å². The van der Waals surface area contributed by atoms with Gasteiger partial charge in [-0.15, -0.1) is 11.3 Å². The van der Waals surface area contributed by atoms with Crippen LogP contribution in [0.4, 0.5) is 17.1 Å². The van der Waals surface area contributed by atoms with Crippen LogP contribution in [0.1, 0.15) is 24.7 Å². The van der Waals surface area contributed by atoms with Gasteiger partial charge in [0.25, 0.3) is 0 Å². The minimum atomic E-state index is -1.04. The summed E-state index contributed by atoms with van der Waals surface area (Å²) in [7, 11) is 0. The van der Waals surface area contributed by atoms with Crippen molar-refractivity contribution in [3.63, 3.8) is 0 Å². The number of rotatable bonds is 8. The highest BCUT2D eigenvalue weighted by Gasteiger charge is 2.19. The van der Waals surface area contributed by atoms with E-state index in [2.05, 4.69) is 0 Å². The molecule has 0 saturated carbocycles. The molecule has 0 N–H and O–H groups in total. The molecule has 5 heteroatoms. The second-order valence-electron chi connectivity index (χ2n) is 12.3. The Morgan fingerprint density at radius 2 is 0.875 bits per heavy atom. The summed E-state index contributed by atoms with van der Waals surface area (Å²) in [4.78, 5) is 15.4. The predicted molar refractivity (Wildman–Crippen MR) is 235 cm³/mol. The molecule has 0 saturated heterocycles. The van der Waals surface area contributed by atoms with Gasteiger partial charge in [0, 0.05) is 53.9 Å². The fourth-order valence-electron chi connectivity index (χ4n) is 6.27. The van der Waals surface area contributed by atoms with E-state index in [1.807, 2.05) is 84.9 Å². The Bertz CT molecular complexity index is 3850. The van der Waals surface area contributed by atoms with Crippen molar-refractivity contribution >= 4 is 48.6 Å². The summed E-state index contributed by atoms with van der Waals surface area (Å²) < 4.78 is 163. The first-order chi connectivity index (χ1) is 35.2. The van der Waals surface area contributed by atoms with Crippen LogP contribution in [0.15, 0.2) is 206 Å². The molecule has 0 aliphatic heterocycles. The third-order valence-electron chi connectivity index (χ3n) is 8.84. The molecule has 2 aromatic heterocycles. The Morgan fingerprint density at radius 1 is 0.393 bits per heavy atom. The number of nitrogens with zero attached hydrogens (tertiary/aromatic N) is 4. The maximum atomic E-state index is 9.67. The number of hydrogen-bond donors (Lipinski definition) is 0. The second kappa shape index (κ2) is 14.6. The smallest absolute Gasteiger partial charge is 0.164 e. The molecule has 0 amide bonds. The molecule has 10 aromatic rings. The third kappa shape index (κ3) is 6.40. The lowest BCUT2D eigenvalue weighted by Crippen LogP contribution is -2.09. The minimum Gasteiger partial charge on any atom is -0.311 e. The van der Waals surface area contributed by atoms with Crippen LogP contribution < -0.4 is 4.90 Å². The molecule has 0 aliphatic carbocycles. The van der Waals surface area contributed by atoms with Crippen molar-refractivity contribution in [3.05, 3.63) is 206 Å². The third-order valence-corrected chi connectivity index (χ3v) is 9.96. The number of anilines is 3. The molecule has 0 unspecified atom stereocenters. The van der Waals surface area contributed by atoms with Gasteiger partial charge in [0.05, 0.1) is 24.7 Å². The second-order valence-corrected chi connectivity index (χ2v) is 13.4. The summed E-state index contributed by atoms with van der Waals surface area (Å²) in [6, 6.07) is 13.6. The van der Waals surface area contributed by atoms with Crippen molar-refractivity contribution in [1.82, 2.24) is 15.0 Å². The SMILES string of the molecule is [2H]c1c([2H])c([2H])c(-c2c([2H])c([2H])c(N(c3c([2H])c([2H])c([2H])c([2H])c3[2H])c3c([2H])c([2H])c(-c4cc(-c5nc(-c6ccccc6)nc(-c6ccccc6)n5)c5c(c4)sc4ccccc45)c([2H])c3[2H])c([2H])c2[2H])c([2H])c1[2H]. The molecular weight excluding hydrogens is 701 g/mol. The van der Waals surface area contributed by atoms with E-state index >= 15 is 0 Å². The van der Waals surface area contributed by atoms with Gasteiger partial charge in [-0.3, -0.25) is 0 Å². The Labute approximate surface area is 355 Å². The van der Waals surface area contributed by atoms with E-state index in [1.54, 1.807) is 12.1 Å². The zero-order chi connectivity index (χ0) is 52.9. The number of benzene rings is 8. The Kier molecular flexibility index (Phi) is 5.04. The largest absolute Gasteiger partial charge is 0.311 e. The highest BCUT2D eigenvalue weighted by Crippen LogP contribution is 2.43. The molecule has 264 valence electrons. The molecule has 0 aliphatic rings. The highest BCUT2D eigenvalue weighted by atomic mass is 32.1. The van der Waals surface area contributed by atoms with Crippen molar-refractivity contribution in [3.8, 4) is 56.4 Å². The Hall–Kier alpha value is -7.21. The van der Waals surface area contributed by atoms with Crippen molar-refractivity contribution < 1.29 is 24.7 Å². The van der Waals surface area contributed by atoms with E-state index in [0.29, 0.717) is 37.9 Å². The lowest BCUT2D eigenvalue weighted by molar-refractivity contribution is 1.08. The zero-order valence-electron chi connectivity index (χ0n) is 46.9. The van der Waals surface area contributed by atoms with Crippen molar-refractivity contribution in [1.29, 1.82) is 0 Å². The van der Waals surface area contributed by atoms with Crippen molar-refractivity contribution in [2.45, 2.75) is 0 Å². The maximum Gasteiger partial charge on any atom is 0.164 e. The van der Waals surface area contributed by atoms with Gasteiger partial charge in [-0.2, -0.15) is 0 Å². The van der Waals surface area contributed by atoms with E-state index < -0.39 is 137 Å². The number of para-hydroxylation sites is 1. The summed E-state index contributed by atoms with van der Waals surface area (Å²) in [6.45, 7) is 0. The molecule has 0 spiro atoms. The average Bonchev–Trinajstić information content (AvgIpc) is 3.79. The van der Waals surface area contributed by atoms with Gasteiger partial charge in [-0.05, 0) is 76.7 Å². The minimum absolute atomic E-state index is 0.173. The Balaban J connectivity index is 1.26. The molecule has 10 rings (SSSR count). The first-order valence-corrected chi connectivity index (χ1v) is 18.0. The summed E-state index contributed by atoms with van der Waals surface area (Å²) >= 11 is 1.40. The molecule has 2 heterocycles. The van der Waals surface area contributed by atoms with Gasteiger partial charge < -0.3 is 4.90 Å². The fourth-order valence-corrected chi connectivity index (χ4v) is 7.45. The van der Waals surface area contributed by atoms with Crippen LogP contribution in [0, 0.1) is 0 Å². The Morgan fingerprint density at radius 3 is 1.48 bits per heavy atom. The molecule has 4 nitrogen and oxygen atoms in total. The van der Waals surface area contributed by atoms with Crippen LogP contribution in [0.25, 0.3) is 76.6 Å². The fraction of sp³-hybridized carbons (Fsp3) is 0. The van der Waals surface area contributed by atoms with Crippen LogP contribution >= 0.6 is 11.3 Å². The van der Waals surface area contributed by atoms with Crippen LogP contribution in [0.3, 0.4) is 0 Å². The molecular formula is C51H34N4S. The van der Waals surface area contributed by atoms with E-state index in [0.717, 1.165) is 15.5 Å². The predicted octanol–water partition coefficient (Wildman–Crippen LogP) is 14.0. The van der Waals surface area contributed by atoms with Crippen LogP contribution in [-0.4, -0.2) is 15.0 Å². The molecule has 0 fully saturated rings. The lowest BCUT2D eigenvalue weighted by atomic mass is 9.98. The van der Waals surface area contributed by atoms with Crippen LogP contribution in [-0.2, 0) is 0 Å². The van der Waals surface area contributed by atoms with E-state index in [9.17, 15) is 11.0 Å². The quantitative estimate of drug-likeness (QED) is 0.155. The normalized spacial score (nSPS) is 15.7. The highest BCUT2D eigenvalue weighted by molar-refractivity contribution is 7.26. The van der Waals surface area contributed by atoms with Crippen molar-refractivity contribution in [2.75, 3.05) is 4.90 Å². The molecule has 0 atom stereocenters. The van der Waals surface area contributed by atoms with Gasteiger partial charge in [-0.25, -0.2) is 15.0 Å². The molecule has 56 heavy (non-hydrogen) atoms. The lowest BCUT2D eigenvalue weighted by Gasteiger charge is -2.26. The van der Waals surface area contributed by atoms with Crippen LogP contribution in [0.2, 0.25) is 0 Å². The van der Waals surface area contributed by atoms with E-state index in [1.165, 1.54) is 11.3 Å². The van der Waals surface area contributed by atoms with Gasteiger partial charge in [0.2, 0.25) is 0 Å². The summed E-state index contributed by atoms with van der Waals surface area (Å²) in [5.74, 6) is 0.927. The first-order valence-electron chi connectivity index (χ1n) is 26.2. The maximum absolute atomic E-state index is 9.67. The zero-order valence-corrected chi connectivity index (χ0v) is 29.8. The summed E-state index contributed by atoms with van der Waals surface area (Å²) in [5, 5.41) is 1.58. The molecule has 0 bridgehead atoms. The van der Waals surface area contributed by atoms with Gasteiger partial charge in [-0.1, -0.05) is 151 Å². The monoisotopic (exact) mass is 752 g/mol. The van der Waals surface area contributed by atoms with Crippen molar-refractivity contribution in [2.24, 2.45) is 0 Å². The number of aromatic nitrogens is 3. The van der Waals surface area contributed by atoms with Gasteiger partial charge in [0.1, 0.15) is 0 Å². The number of fused-ring (bicyclic) bond motifs is 3. The summed E-state index contributed by atoms with van der Waals surface area (Å²) in [6.07, 6.45) is 0. The summed E-state index contributed by atoms with van der Waals surface area (Å²) in [5.41, 5.74) is -2.20. The number of hydrogen-bond acceptors (Lipinski definition) is 5. The average molecular weight is 753 g/mol. The number of thiophene rings is 1. The standard InChI is InChI=1S/C51H34N4S/c1-5-15-35(16-6-1)36-25-29-42(30-26-36)55(41-21-11-4-12-22-41)43-31-27-37(28-32-43)40-33-45(48-44-23-13-14-24-46(44)56-47(48)34-40)51-53-49(38-17-7-2-8-18-38)52-50(54-51)39-19-9-3-10-20-39/h1-34H/i1D,4D,5D,6D,11D,12D,15D,16D,21D,22D,25D,26D,27D,28D,29D,30D,31D,32D. The topological polar surface area (TPSA) is 41.9 Å². The first kappa shape index (κ1) is 19.4. The van der Waals surface area contributed by atoms with E-state index in [-0.39, 0.29) is 17.0 Å². The van der Waals surface area contributed by atoms with Gasteiger partial charge in [0.15, 0.2) is 17.5 Å².